The zero-order valence-corrected chi connectivity index (χ0v) is 11.4. The van der Waals surface area contributed by atoms with E-state index >= 15 is 0 Å². The molecule has 0 saturated heterocycles. The van der Waals surface area contributed by atoms with Crippen molar-refractivity contribution in [2.45, 2.75) is 6.42 Å². The molecule has 0 spiro atoms. The number of nitrogen functional groups attached to an aromatic ring is 1. The van der Waals surface area contributed by atoms with Crippen LogP contribution in [0.1, 0.15) is 5.56 Å². The summed E-state index contributed by atoms with van der Waals surface area (Å²) in [5, 5.41) is 8.99. The van der Waals surface area contributed by atoms with Crippen molar-refractivity contribution in [3.63, 3.8) is 0 Å². The maximum atomic E-state index is 12.4. The van der Waals surface area contributed by atoms with Crippen LogP contribution >= 0.6 is 0 Å². The summed E-state index contributed by atoms with van der Waals surface area (Å²) in [6.45, 7) is -0.370. The highest BCUT2D eigenvalue weighted by Gasteiger charge is 2.18. The van der Waals surface area contributed by atoms with E-state index in [1.807, 2.05) is 6.07 Å². The lowest BCUT2D eigenvalue weighted by Crippen LogP contribution is -2.36. The van der Waals surface area contributed by atoms with Crippen LogP contribution < -0.4 is 10.6 Å². The van der Waals surface area contributed by atoms with Crippen LogP contribution in [0.2, 0.25) is 0 Å². The van der Waals surface area contributed by atoms with E-state index < -0.39 is 5.97 Å². The number of carboxylic acids is 1. The average Bonchev–Trinajstić information content (AvgIpc) is 2.45. The maximum absolute atomic E-state index is 12.4. The molecule has 0 unspecified atom stereocenters. The van der Waals surface area contributed by atoms with Crippen LogP contribution in [0.3, 0.4) is 0 Å². The topological polar surface area (TPSA) is 83.6 Å². The Kier molecular flexibility index (Phi) is 4.56. The smallest absolute Gasteiger partial charge is 0.323 e. The molecule has 0 radical (unpaired) electrons. The van der Waals surface area contributed by atoms with Crippen molar-refractivity contribution in [3.8, 4) is 0 Å². The van der Waals surface area contributed by atoms with Gasteiger partial charge in [-0.05, 0) is 29.8 Å². The predicted molar refractivity (Wildman–Crippen MR) is 81.0 cm³/mol. The summed E-state index contributed by atoms with van der Waals surface area (Å²) < 4.78 is 0. The molecule has 1 amide bonds. The first-order valence-electron chi connectivity index (χ1n) is 6.48. The Morgan fingerprint density at radius 1 is 1.05 bits per heavy atom. The van der Waals surface area contributed by atoms with Crippen molar-refractivity contribution in [3.05, 3.63) is 60.2 Å². The quantitative estimate of drug-likeness (QED) is 0.822. The highest BCUT2D eigenvalue weighted by Crippen LogP contribution is 2.16. The Labute approximate surface area is 122 Å². The Morgan fingerprint density at radius 3 is 2.38 bits per heavy atom. The van der Waals surface area contributed by atoms with Crippen molar-refractivity contribution < 1.29 is 14.7 Å². The number of hydrogen-bond donors (Lipinski definition) is 2. The van der Waals surface area contributed by atoms with Gasteiger partial charge in [0.25, 0.3) is 0 Å². The molecule has 2 aromatic carbocycles. The van der Waals surface area contributed by atoms with Gasteiger partial charge in [0.15, 0.2) is 0 Å². The summed E-state index contributed by atoms with van der Waals surface area (Å²) in [5.41, 5.74) is 7.58. The van der Waals surface area contributed by atoms with Gasteiger partial charge < -0.3 is 15.7 Å². The van der Waals surface area contributed by atoms with E-state index in [9.17, 15) is 9.59 Å². The molecule has 21 heavy (non-hydrogen) atoms. The van der Waals surface area contributed by atoms with Crippen LogP contribution in [0.5, 0.6) is 0 Å². The Bertz CT molecular complexity index is 641. The molecule has 0 atom stereocenters. The summed E-state index contributed by atoms with van der Waals surface area (Å²) >= 11 is 0. The third kappa shape index (κ3) is 4.07. The van der Waals surface area contributed by atoms with E-state index in [0.717, 1.165) is 5.56 Å². The van der Waals surface area contributed by atoms with Gasteiger partial charge in [-0.3, -0.25) is 9.59 Å². The largest absolute Gasteiger partial charge is 0.480 e. The summed E-state index contributed by atoms with van der Waals surface area (Å²) in [4.78, 5) is 24.6. The van der Waals surface area contributed by atoms with Crippen molar-refractivity contribution in [1.82, 2.24) is 0 Å². The molecule has 0 bridgehead atoms. The van der Waals surface area contributed by atoms with Gasteiger partial charge in [0.1, 0.15) is 6.54 Å². The van der Waals surface area contributed by atoms with Crippen LogP contribution in [0.4, 0.5) is 11.4 Å². The van der Waals surface area contributed by atoms with Gasteiger partial charge in [-0.2, -0.15) is 0 Å². The third-order valence-corrected chi connectivity index (χ3v) is 2.97. The number of rotatable bonds is 5. The Morgan fingerprint density at radius 2 is 1.76 bits per heavy atom. The monoisotopic (exact) mass is 284 g/mol. The minimum atomic E-state index is -1.06. The van der Waals surface area contributed by atoms with Crippen LogP contribution in [0, 0.1) is 0 Å². The second-order valence-electron chi connectivity index (χ2n) is 4.63. The lowest BCUT2D eigenvalue weighted by molar-refractivity contribution is -0.136. The molecule has 108 valence electrons. The van der Waals surface area contributed by atoms with Gasteiger partial charge in [-0.1, -0.05) is 30.3 Å². The number of carboxylic acid groups (broad SMARTS) is 1. The van der Waals surface area contributed by atoms with Gasteiger partial charge in [0.2, 0.25) is 5.91 Å². The van der Waals surface area contributed by atoms with E-state index in [4.69, 9.17) is 10.8 Å². The predicted octanol–water partition coefficient (Wildman–Crippen LogP) is 1.93. The van der Waals surface area contributed by atoms with Crippen molar-refractivity contribution >= 4 is 23.3 Å². The fourth-order valence-electron chi connectivity index (χ4n) is 2.04. The van der Waals surface area contributed by atoms with E-state index in [-0.39, 0.29) is 18.9 Å². The van der Waals surface area contributed by atoms with E-state index in [2.05, 4.69) is 0 Å². The number of nitrogens with two attached hydrogens (primary N) is 1. The first kappa shape index (κ1) is 14.6. The molecule has 3 N–H and O–H groups in total. The number of carbonyl (C=O) groups excluding carboxylic acids is 1. The fourth-order valence-corrected chi connectivity index (χ4v) is 2.04. The van der Waals surface area contributed by atoms with E-state index in [0.29, 0.717) is 11.4 Å². The maximum Gasteiger partial charge on any atom is 0.323 e. The molecular formula is C16H16N2O3. The highest BCUT2D eigenvalue weighted by atomic mass is 16.4. The second-order valence-corrected chi connectivity index (χ2v) is 4.63. The van der Waals surface area contributed by atoms with Gasteiger partial charge in [0.05, 0.1) is 6.42 Å². The zero-order chi connectivity index (χ0) is 15.2. The molecule has 5 nitrogen and oxygen atoms in total. The molecule has 2 rings (SSSR count). The summed E-state index contributed by atoms with van der Waals surface area (Å²) in [5.74, 6) is -1.34. The summed E-state index contributed by atoms with van der Waals surface area (Å²) in [6.07, 6.45) is 0.104. The van der Waals surface area contributed by atoms with Gasteiger partial charge in [-0.15, -0.1) is 0 Å². The standard InChI is InChI=1S/C16H16N2O3/c17-13-6-4-5-12(9-13)10-15(19)18(11-16(20)21)14-7-2-1-3-8-14/h1-9H,10-11,17H2,(H,20,21). The molecule has 0 aliphatic heterocycles. The average molecular weight is 284 g/mol. The normalized spacial score (nSPS) is 10.1. The summed E-state index contributed by atoms with van der Waals surface area (Å²) in [6, 6.07) is 15.8. The zero-order valence-electron chi connectivity index (χ0n) is 11.4. The van der Waals surface area contributed by atoms with Gasteiger partial charge >= 0.3 is 5.97 Å². The van der Waals surface area contributed by atoms with E-state index in [1.54, 1.807) is 48.5 Å². The molecular weight excluding hydrogens is 268 g/mol. The number of aliphatic carboxylic acids is 1. The van der Waals surface area contributed by atoms with Crippen LogP contribution in [-0.4, -0.2) is 23.5 Å². The SMILES string of the molecule is Nc1cccc(CC(=O)N(CC(=O)O)c2ccccc2)c1. The van der Waals surface area contributed by atoms with E-state index in [1.165, 1.54) is 4.90 Å². The number of amides is 1. The lowest BCUT2D eigenvalue weighted by atomic mass is 10.1. The highest BCUT2D eigenvalue weighted by molar-refractivity contribution is 5.98. The second kappa shape index (κ2) is 6.56. The van der Waals surface area contributed by atoms with Gasteiger partial charge in [0, 0.05) is 11.4 Å². The van der Waals surface area contributed by atoms with Crippen LogP contribution in [0.25, 0.3) is 0 Å². The first-order chi connectivity index (χ1) is 10.1. The number of nitrogens with zero attached hydrogens (tertiary/aromatic N) is 1. The first-order valence-corrected chi connectivity index (χ1v) is 6.48. The Hall–Kier alpha value is -2.82. The van der Waals surface area contributed by atoms with Crippen molar-refractivity contribution in [1.29, 1.82) is 0 Å². The van der Waals surface area contributed by atoms with Gasteiger partial charge in [-0.25, -0.2) is 0 Å². The van der Waals surface area contributed by atoms with Crippen LogP contribution in [-0.2, 0) is 16.0 Å². The number of hydrogen-bond acceptors (Lipinski definition) is 3. The molecule has 2 aromatic rings. The molecule has 0 saturated carbocycles. The Balaban J connectivity index is 2.20. The number of anilines is 2. The molecule has 0 heterocycles. The number of para-hydroxylation sites is 1. The number of carbonyl (C=O) groups is 2. The number of benzene rings is 2. The fraction of sp³-hybridized carbons (Fsp3) is 0.125. The molecule has 5 heteroatoms. The molecule has 0 aliphatic carbocycles. The third-order valence-electron chi connectivity index (χ3n) is 2.97. The molecule has 0 aromatic heterocycles. The molecule has 0 fully saturated rings. The lowest BCUT2D eigenvalue weighted by Gasteiger charge is -2.21. The summed E-state index contributed by atoms with van der Waals surface area (Å²) in [7, 11) is 0. The molecule has 0 aliphatic rings. The minimum absolute atomic E-state index is 0.104. The van der Waals surface area contributed by atoms with Crippen LogP contribution in [0.15, 0.2) is 54.6 Å². The van der Waals surface area contributed by atoms with Crippen molar-refractivity contribution in [2.75, 3.05) is 17.2 Å². The minimum Gasteiger partial charge on any atom is -0.480 e. The van der Waals surface area contributed by atoms with Crippen molar-refractivity contribution in [2.24, 2.45) is 0 Å².